The Hall–Kier alpha value is -0.830. The van der Waals surface area contributed by atoms with Gasteiger partial charge in [-0.05, 0) is 44.7 Å². The number of halogens is 1. The molecule has 1 aliphatic rings. The number of aliphatic imine (C=N–C) groups is 1. The number of rotatable bonds is 8. The molecule has 7 heteroatoms. The smallest absolute Gasteiger partial charge is 0.191 e. The number of guanidine groups is 1. The second-order valence-corrected chi connectivity index (χ2v) is 6.55. The van der Waals surface area contributed by atoms with Crippen molar-refractivity contribution < 1.29 is 0 Å². The summed E-state index contributed by atoms with van der Waals surface area (Å²) in [6.07, 6.45) is 10.3. The zero-order valence-electron chi connectivity index (χ0n) is 16.0. The monoisotopic (exact) mass is 462 g/mol. The van der Waals surface area contributed by atoms with Crippen LogP contribution in [0.4, 0.5) is 0 Å². The fourth-order valence-corrected chi connectivity index (χ4v) is 3.37. The Morgan fingerprint density at radius 2 is 2.16 bits per heavy atom. The quantitative estimate of drug-likeness (QED) is 0.354. The van der Waals surface area contributed by atoms with E-state index in [9.17, 15) is 0 Å². The normalized spacial score (nSPS) is 18.7. The van der Waals surface area contributed by atoms with Gasteiger partial charge in [-0.3, -0.25) is 14.6 Å². The average molecular weight is 462 g/mol. The van der Waals surface area contributed by atoms with Gasteiger partial charge in [-0.2, -0.15) is 5.10 Å². The number of aryl methyl sites for hydroxylation is 1. The molecule has 1 aliphatic heterocycles. The molecule has 6 nitrogen and oxygen atoms in total. The van der Waals surface area contributed by atoms with Crippen molar-refractivity contribution in [3.63, 3.8) is 0 Å². The first-order valence-electron chi connectivity index (χ1n) is 9.46. The molecule has 144 valence electrons. The predicted octanol–water partition coefficient (Wildman–Crippen LogP) is 2.40. The summed E-state index contributed by atoms with van der Waals surface area (Å²) in [5, 5.41) is 11.0. The van der Waals surface area contributed by atoms with Gasteiger partial charge in [0.1, 0.15) is 0 Å². The van der Waals surface area contributed by atoms with Gasteiger partial charge in [0.2, 0.25) is 0 Å². The fraction of sp³-hybridized carbons (Fsp3) is 0.778. The van der Waals surface area contributed by atoms with Crippen molar-refractivity contribution in [1.82, 2.24) is 25.3 Å². The van der Waals surface area contributed by atoms with Gasteiger partial charge in [0.05, 0.1) is 12.7 Å². The highest BCUT2D eigenvalue weighted by molar-refractivity contribution is 14.0. The minimum atomic E-state index is 0. The van der Waals surface area contributed by atoms with E-state index in [0.717, 1.165) is 44.6 Å². The number of piperidine rings is 1. The summed E-state index contributed by atoms with van der Waals surface area (Å²) in [4.78, 5) is 7.36. The molecule has 1 unspecified atom stereocenters. The molecule has 0 amide bonds. The van der Waals surface area contributed by atoms with Crippen LogP contribution in [0.3, 0.4) is 0 Å². The fourth-order valence-electron chi connectivity index (χ4n) is 3.37. The van der Waals surface area contributed by atoms with Gasteiger partial charge in [0.15, 0.2) is 5.96 Å². The van der Waals surface area contributed by atoms with Gasteiger partial charge in [0.25, 0.3) is 0 Å². The second kappa shape index (κ2) is 12.5. The Morgan fingerprint density at radius 3 is 2.84 bits per heavy atom. The van der Waals surface area contributed by atoms with Crippen LogP contribution in [0.15, 0.2) is 17.4 Å². The van der Waals surface area contributed by atoms with Crippen LogP contribution in [0, 0.1) is 0 Å². The lowest BCUT2D eigenvalue weighted by atomic mass is 10.0. The zero-order chi connectivity index (χ0) is 17.2. The molecule has 0 spiro atoms. The van der Waals surface area contributed by atoms with E-state index in [1.165, 1.54) is 37.8 Å². The van der Waals surface area contributed by atoms with Gasteiger partial charge in [-0.25, -0.2) is 0 Å². The molecule has 0 aromatic carbocycles. The Bertz CT molecular complexity index is 502. The van der Waals surface area contributed by atoms with Crippen LogP contribution < -0.4 is 10.6 Å². The highest BCUT2D eigenvalue weighted by atomic mass is 127. The SMILES string of the molecule is CCNC(=NCCN1CCCCC1CC)NCCc1cnn(C)c1.I. The van der Waals surface area contributed by atoms with Gasteiger partial charge >= 0.3 is 0 Å². The minimum absolute atomic E-state index is 0. The van der Waals surface area contributed by atoms with E-state index >= 15 is 0 Å². The summed E-state index contributed by atoms with van der Waals surface area (Å²) in [6, 6.07) is 0.759. The third-order valence-electron chi connectivity index (χ3n) is 4.69. The number of hydrogen-bond acceptors (Lipinski definition) is 3. The largest absolute Gasteiger partial charge is 0.357 e. The number of nitrogens with one attached hydrogen (secondary N) is 2. The summed E-state index contributed by atoms with van der Waals surface area (Å²) >= 11 is 0. The molecular weight excluding hydrogens is 427 g/mol. The van der Waals surface area contributed by atoms with Crippen molar-refractivity contribution in [2.75, 3.05) is 32.7 Å². The third-order valence-corrected chi connectivity index (χ3v) is 4.69. The van der Waals surface area contributed by atoms with Crippen LogP contribution in [0.5, 0.6) is 0 Å². The van der Waals surface area contributed by atoms with Crippen LogP contribution in [-0.4, -0.2) is 59.4 Å². The van der Waals surface area contributed by atoms with E-state index < -0.39 is 0 Å². The standard InChI is InChI=1S/C18H34N6.HI/c1-4-17-8-6-7-12-24(17)13-11-21-18(19-5-2)20-10-9-16-14-22-23(3)15-16;/h14-15,17H,4-13H2,1-3H3,(H2,19,20,21);1H. The summed E-state index contributed by atoms with van der Waals surface area (Å²) in [5.74, 6) is 0.923. The Labute approximate surface area is 169 Å². The van der Waals surface area contributed by atoms with Gasteiger partial charge in [-0.15, -0.1) is 24.0 Å². The van der Waals surface area contributed by atoms with Crippen LogP contribution in [0.1, 0.15) is 45.1 Å². The first-order chi connectivity index (χ1) is 11.7. The van der Waals surface area contributed by atoms with Gasteiger partial charge in [-0.1, -0.05) is 13.3 Å². The number of aromatic nitrogens is 2. The van der Waals surface area contributed by atoms with E-state index in [0.29, 0.717) is 0 Å². The van der Waals surface area contributed by atoms with E-state index in [1.807, 2.05) is 17.9 Å². The average Bonchev–Trinajstić information content (AvgIpc) is 3.00. The maximum Gasteiger partial charge on any atom is 0.191 e. The molecule has 1 atom stereocenters. The molecule has 1 fully saturated rings. The van der Waals surface area contributed by atoms with Crippen molar-refractivity contribution >= 4 is 29.9 Å². The predicted molar refractivity (Wildman–Crippen MR) is 116 cm³/mol. The van der Waals surface area contributed by atoms with E-state index in [2.05, 4.69) is 40.7 Å². The van der Waals surface area contributed by atoms with Crippen LogP contribution >= 0.6 is 24.0 Å². The van der Waals surface area contributed by atoms with Crippen molar-refractivity contribution in [3.05, 3.63) is 18.0 Å². The molecule has 2 rings (SSSR count). The van der Waals surface area contributed by atoms with Crippen LogP contribution in [-0.2, 0) is 13.5 Å². The highest BCUT2D eigenvalue weighted by Gasteiger charge is 2.19. The lowest BCUT2D eigenvalue weighted by Crippen LogP contribution is -2.42. The van der Waals surface area contributed by atoms with Crippen molar-refractivity contribution in [3.8, 4) is 0 Å². The van der Waals surface area contributed by atoms with Crippen molar-refractivity contribution in [2.24, 2.45) is 12.0 Å². The number of likely N-dealkylation sites (tertiary alicyclic amines) is 1. The molecule has 0 bridgehead atoms. The summed E-state index contributed by atoms with van der Waals surface area (Å²) in [7, 11) is 1.95. The minimum Gasteiger partial charge on any atom is -0.357 e. The van der Waals surface area contributed by atoms with Crippen molar-refractivity contribution in [1.29, 1.82) is 0 Å². The molecule has 1 aromatic heterocycles. The first-order valence-corrected chi connectivity index (χ1v) is 9.46. The van der Waals surface area contributed by atoms with Gasteiger partial charge in [0, 0.05) is 38.9 Å². The van der Waals surface area contributed by atoms with Crippen molar-refractivity contribution in [2.45, 2.75) is 52.0 Å². The molecule has 1 aromatic rings. The summed E-state index contributed by atoms with van der Waals surface area (Å²) in [6.45, 7) is 9.33. The van der Waals surface area contributed by atoms with E-state index in [4.69, 9.17) is 4.99 Å². The Kier molecular flexibility index (Phi) is 11.1. The first kappa shape index (κ1) is 22.2. The molecule has 2 N–H and O–H groups in total. The number of hydrogen-bond donors (Lipinski definition) is 2. The van der Waals surface area contributed by atoms with Crippen LogP contribution in [0.25, 0.3) is 0 Å². The second-order valence-electron chi connectivity index (χ2n) is 6.55. The molecule has 2 heterocycles. The third kappa shape index (κ3) is 7.94. The molecule has 0 radical (unpaired) electrons. The van der Waals surface area contributed by atoms with E-state index in [-0.39, 0.29) is 24.0 Å². The molecule has 0 aliphatic carbocycles. The van der Waals surface area contributed by atoms with E-state index in [1.54, 1.807) is 0 Å². The maximum absolute atomic E-state index is 4.74. The molecule has 1 saturated heterocycles. The van der Waals surface area contributed by atoms with Crippen LogP contribution in [0.2, 0.25) is 0 Å². The molecule has 25 heavy (non-hydrogen) atoms. The van der Waals surface area contributed by atoms with Gasteiger partial charge < -0.3 is 10.6 Å². The maximum atomic E-state index is 4.74. The Balaban J connectivity index is 0.00000312. The molecular formula is C18H35IN6. The number of nitrogens with zero attached hydrogens (tertiary/aromatic N) is 4. The lowest BCUT2D eigenvalue weighted by Gasteiger charge is -2.34. The highest BCUT2D eigenvalue weighted by Crippen LogP contribution is 2.18. The Morgan fingerprint density at radius 1 is 1.32 bits per heavy atom. The topological polar surface area (TPSA) is 57.5 Å². The molecule has 0 saturated carbocycles. The zero-order valence-corrected chi connectivity index (χ0v) is 18.3. The summed E-state index contributed by atoms with van der Waals surface area (Å²) in [5.41, 5.74) is 1.25. The lowest BCUT2D eigenvalue weighted by molar-refractivity contribution is 0.148. The summed E-state index contributed by atoms with van der Waals surface area (Å²) < 4.78 is 1.84.